The maximum Gasteiger partial charge on any atom is 0.226 e. The lowest BCUT2D eigenvalue weighted by Crippen LogP contribution is -2.33. The van der Waals surface area contributed by atoms with Crippen LogP contribution in [-0.4, -0.2) is 25.4 Å². The van der Waals surface area contributed by atoms with Crippen LogP contribution in [0.15, 0.2) is 48.5 Å². The highest BCUT2D eigenvalue weighted by molar-refractivity contribution is 5.85. The van der Waals surface area contributed by atoms with E-state index in [0.717, 1.165) is 5.56 Å². The number of halogens is 1. The van der Waals surface area contributed by atoms with Crippen LogP contribution in [0.1, 0.15) is 24.5 Å². The first kappa shape index (κ1) is 20.6. The molecule has 0 fully saturated rings. The van der Waals surface area contributed by atoms with Crippen molar-refractivity contribution in [3.05, 3.63) is 65.5 Å². The zero-order chi connectivity index (χ0) is 19.6. The van der Waals surface area contributed by atoms with Crippen LogP contribution in [0.5, 0.6) is 5.75 Å². The number of Topliss-reactive ketones (excluding diaryl/α,β-unsaturated/α-hetero) is 1. The van der Waals surface area contributed by atoms with Crippen LogP contribution in [0, 0.1) is 11.7 Å². The van der Waals surface area contributed by atoms with E-state index in [9.17, 15) is 14.0 Å². The Labute approximate surface area is 158 Å². The molecule has 0 saturated heterocycles. The second kappa shape index (κ2) is 10.4. The van der Waals surface area contributed by atoms with Crippen LogP contribution in [-0.2, 0) is 27.5 Å². The number of ketones is 1. The van der Waals surface area contributed by atoms with Gasteiger partial charge < -0.3 is 19.6 Å². The van der Waals surface area contributed by atoms with E-state index in [1.807, 2.05) is 12.1 Å². The first-order valence-corrected chi connectivity index (χ1v) is 8.71. The number of benzene rings is 2. The average Bonchev–Trinajstić information content (AvgIpc) is 2.65. The normalized spacial score (nSPS) is 11.7. The maximum absolute atomic E-state index is 13.6. The van der Waals surface area contributed by atoms with Crippen molar-refractivity contribution in [2.45, 2.75) is 26.5 Å². The Bertz CT molecular complexity index is 761. The average molecular weight is 373 g/mol. The predicted octanol–water partition coefficient (Wildman–Crippen LogP) is 3.26. The lowest BCUT2D eigenvalue weighted by molar-refractivity contribution is -0.130. The zero-order valence-electron chi connectivity index (χ0n) is 15.5. The summed E-state index contributed by atoms with van der Waals surface area (Å²) in [4.78, 5) is 23.5. The van der Waals surface area contributed by atoms with Crippen molar-refractivity contribution in [1.29, 1.82) is 0 Å². The molecule has 0 aliphatic heterocycles. The molecule has 27 heavy (non-hydrogen) atoms. The zero-order valence-corrected chi connectivity index (χ0v) is 15.5. The third kappa shape index (κ3) is 6.83. The lowest BCUT2D eigenvalue weighted by atomic mass is 10.0. The van der Waals surface area contributed by atoms with Gasteiger partial charge in [-0.05, 0) is 30.7 Å². The van der Waals surface area contributed by atoms with Crippen LogP contribution in [0.2, 0.25) is 0 Å². The number of carbonyl (C=O) groups is 2. The molecular weight excluding hydrogens is 349 g/mol. The molecule has 6 heteroatoms. The molecule has 0 unspecified atom stereocenters. The van der Waals surface area contributed by atoms with Crippen LogP contribution >= 0.6 is 0 Å². The summed E-state index contributed by atoms with van der Waals surface area (Å²) in [5.41, 5.74) is 1.38. The van der Waals surface area contributed by atoms with Gasteiger partial charge in [0.15, 0.2) is 0 Å². The minimum Gasteiger partial charge on any atom is -0.489 e. The summed E-state index contributed by atoms with van der Waals surface area (Å²) in [6, 6.07) is 13.7. The number of methoxy groups -OCH3 is 1. The van der Waals surface area contributed by atoms with Gasteiger partial charge in [-0.2, -0.15) is 0 Å². The van der Waals surface area contributed by atoms with Crippen molar-refractivity contribution in [1.82, 2.24) is 5.32 Å². The minimum atomic E-state index is -0.490. The second-order valence-corrected chi connectivity index (χ2v) is 6.30. The van der Waals surface area contributed by atoms with Gasteiger partial charge in [-0.25, -0.2) is 4.39 Å². The van der Waals surface area contributed by atoms with E-state index in [2.05, 4.69) is 5.32 Å². The van der Waals surface area contributed by atoms with Gasteiger partial charge in [-0.15, -0.1) is 0 Å². The van der Waals surface area contributed by atoms with Crippen molar-refractivity contribution in [3.63, 3.8) is 0 Å². The van der Waals surface area contributed by atoms with Crippen molar-refractivity contribution in [2.24, 2.45) is 5.92 Å². The quantitative estimate of drug-likeness (QED) is 0.694. The maximum atomic E-state index is 13.6. The minimum absolute atomic E-state index is 0.0523. The first-order chi connectivity index (χ1) is 13.0. The van der Waals surface area contributed by atoms with Gasteiger partial charge in [0.25, 0.3) is 0 Å². The van der Waals surface area contributed by atoms with Crippen molar-refractivity contribution in [2.75, 3.05) is 13.7 Å². The topological polar surface area (TPSA) is 64.6 Å². The third-order valence-electron chi connectivity index (χ3n) is 4.01. The van der Waals surface area contributed by atoms with E-state index in [-0.39, 0.29) is 37.1 Å². The molecule has 1 amide bonds. The molecule has 0 radical (unpaired) electrons. The molecule has 0 heterocycles. The molecule has 1 N–H and O–H groups in total. The fraction of sp³-hybridized carbons (Fsp3) is 0.333. The SMILES string of the molecule is COC[C@@H](CC(C)=O)C(=O)NCc1ccc(OCc2ccccc2F)cc1. The fourth-order valence-corrected chi connectivity index (χ4v) is 2.59. The number of rotatable bonds is 10. The number of hydrogen-bond donors (Lipinski definition) is 1. The summed E-state index contributed by atoms with van der Waals surface area (Å²) in [5, 5.41) is 2.81. The van der Waals surface area contributed by atoms with Gasteiger partial charge >= 0.3 is 0 Å². The standard InChI is InChI=1S/C21H24FNO4/c1-15(24)11-18(13-26-2)21(25)23-12-16-7-9-19(10-8-16)27-14-17-5-3-4-6-20(17)22/h3-10,18H,11-14H2,1-2H3,(H,23,25)/t18-/m1/s1. The molecule has 2 rings (SSSR count). The highest BCUT2D eigenvalue weighted by Crippen LogP contribution is 2.16. The molecule has 0 saturated carbocycles. The summed E-state index contributed by atoms with van der Waals surface area (Å²) in [5.74, 6) is -0.443. The summed E-state index contributed by atoms with van der Waals surface area (Å²) in [6.45, 7) is 2.14. The Morgan fingerprint density at radius 2 is 1.81 bits per heavy atom. The summed E-state index contributed by atoms with van der Waals surface area (Å²) < 4.78 is 24.2. The molecule has 0 bridgehead atoms. The molecule has 0 spiro atoms. The van der Waals surface area contributed by atoms with E-state index >= 15 is 0 Å². The highest BCUT2D eigenvalue weighted by Gasteiger charge is 2.19. The van der Waals surface area contributed by atoms with Gasteiger partial charge in [-0.3, -0.25) is 4.79 Å². The molecule has 0 aliphatic rings. The van der Waals surface area contributed by atoms with Gasteiger partial charge in [0.1, 0.15) is 24.0 Å². The molecule has 5 nitrogen and oxygen atoms in total. The van der Waals surface area contributed by atoms with E-state index < -0.39 is 5.92 Å². The number of carbonyl (C=O) groups excluding carboxylic acids is 2. The van der Waals surface area contributed by atoms with Crippen LogP contribution in [0.4, 0.5) is 4.39 Å². The predicted molar refractivity (Wildman–Crippen MR) is 99.7 cm³/mol. The van der Waals surface area contributed by atoms with Crippen LogP contribution < -0.4 is 10.1 Å². The highest BCUT2D eigenvalue weighted by atomic mass is 19.1. The Morgan fingerprint density at radius 1 is 1.11 bits per heavy atom. The van der Waals surface area contributed by atoms with E-state index in [1.165, 1.54) is 20.1 Å². The van der Waals surface area contributed by atoms with Crippen LogP contribution in [0.25, 0.3) is 0 Å². The second-order valence-electron chi connectivity index (χ2n) is 6.30. The van der Waals surface area contributed by atoms with Crippen molar-refractivity contribution < 1.29 is 23.5 Å². The summed E-state index contributed by atoms with van der Waals surface area (Å²) in [6.07, 6.45) is 0.155. The Kier molecular flexibility index (Phi) is 7.95. The molecule has 0 aromatic heterocycles. The van der Waals surface area contributed by atoms with Gasteiger partial charge in [0, 0.05) is 25.6 Å². The summed E-state index contributed by atoms with van der Waals surface area (Å²) >= 11 is 0. The van der Waals surface area contributed by atoms with Gasteiger partial charge in [0.05, 0.1) is 12.5 Å². The van der Waals surface area contributed by atoms with Gasteiger partial charge in [0.2, 0.25) is 5.91 Å². The molecule has 2 aromatic rings. The Morgan fingerprint density at radius 3 is 2.44 bits per heavy atom. The van der Waals surface area contributed by atoms with Crippen molar-refractivity contribution in [3.8, 4) is 5.75 Å². The van der Waals surface area contributed by atoms with E-state index in [0.29, 0.717) is 17.9 Å². The first-order valence-electron chi connectivity index (χ1n) is 8.71. The Hall–Kier alpha value is -2.73. The third-order valence-corrected chi connectivity index (χ3v) is 4.01. The van der Waals surface area contributed by atoms with E-state index in [1.54, 1.807) is 30.3 Å². The largest absolute Gasteiger partial charge is 0.489 e. The smallest absolute Gasteiger partial charge is 0.226 e. The van der Waals surface area contributed by atoms with E-state index in [4.69, 9.17) is 9.47 Å². The van der Waals surface area contributed by atoms with Crippen LogP contribution in [0.3, 0.4) is 0 Å². The number of ether oxygens (including phenoxy) is 2. The number of amides is 1. The molecular formula is C21H24FNO4. The lowest BCUT2D eigenvalue weighted by Gasteiger charge is -2.15. The molecule has 2 aromatic carbocycles. The Balaban J connectivity index is 1.85. The number of hydrogen-bond acceptors (Lipinski definition) is 4. The molecule has 1 atom stereocenters. The summed E-state index contributed by atoms with van der Waals surface area (Å²) in [7, 11) is 1.50. The van der Waals surface area contributed by atoms with Crippen molar-refractivity contribution >= 4 is 11.7 Å². The molecule has 0 aliphatic carbocycles. The number of nitrogens with one attached hydrogen (secondary N) is 1. The fourth-order valence-electron chi connectivity index (χ4n) is 2.59. The molecule has 144 valence electrons. The monoisotopic (exact) mass is 373 g/mol. The van der Waals surface area contributed by atoms with Gasteiger partial charge in [-0.1, -0.05) is 30.3 Å².